The Labute approximate surface area is 103 Å². The highest BCUT2D eigenvalue weighted by molar-refractivity contribution is 5.15. The van der Waals surface area contributed by atoms with Crippen molar-refractivity contribution in [1.29, 1.82) is 0 Å². The average molecular weight is 238 g/mol. The predicted molar refractivity (Wildman–Crippen MR) is 70.1 cm³/mol. The molecule has 3 heteroatoms. The van der Waals surface area contributed by atoms with Crippen molar-refractivity contribution in [2.24, 2.45) is 0 Å². The van der Waals surface area contributed by atoms with E-state index in [1.54, 1.807) is 12.2 Å². The van der Waals surface area contributed by atoms with E-state index >= 15 is 0 Å². The summed E-state index contributed by atoms with van der Waals surface area (Å²) in [5, 5.41) is 25.6. The Morgan fingerprint density at radius 2 is 1.41 bits per heavy atom. The minimum atomic E-state index is -2.73. The average Bonchev–Trinajstić information content (AvgIpc) is 2.24. The van der Waals surface area contributed by atoms with E-state index in [2.05, 4.69) is 13.0 Å². The maximum absolute atomic E-state index is 8.52. The zero-order valence-electron chi connectivity index (χ0n) is 10.3. The number of hydrogen-bond acceptors (Lipinski definition) is 3. The van der Waals surface area contributed by atoms with Crippen LogP contribution >= 0.6 is 0 Å². The first-order chi connectivity index (χ1) is 8.06. The van der Waals surface area contributed by atoms with Crippen LogP contribution in [0.5, 0.6) is 0 Å². The third-order valence-corrected chi connectivity index (χ3v) is 1.99. The molecule has 0 fully saturated rings. The van der Waals surface area contributed by atoms with Crippen LogP contribution in [0.1, 0.15) is 32.6 Å². The molecule has 0 aromatic rings. The molecule has 0 aliphatic carbocycles. The van der Waals surface area contributed by atoms with E-state index in [4.69, 9.17) is 15.3 Å². The molecule has 0 rings (SSSR count). The van der Waals surface area contributed by atoms with Crippen molar-refractivity contribution in [3.05, 3.63) is 48.6 Å². The van der Waals surface area contributed by atoms with Gasteiger partial charge in [0.2, 0.25) is 0 Å². The van der Waals surface area contributed by atoms with Gasteiger partial charge in [-0.2, -0.15) is 0 Å². The Hall–Kier alpha value is -1.16. The molecule has 17 heavy (non-hydrogen) atoms. The van der Waals surface area contributed by atoms with Crippen LogP contribution < -0.4 is 0 Å². The van der Waals surface area contributed by atoms with E-state index in [1.807, 2.05) is 18.2 Å². The molecule has 0 heterocycles. The maximum Gasteiger partial charge on any atom is 0.297 e. The molecule has 0 atom stereocenters. The van der Waals surface area contributed by atoms with Crippen molar-refractivity contribution in [2.75, 3.05) is 0 Å². The van der Waals surface area contributed by atoms with Crippen LogP contribution in [0.25, 0.3) is 0 Å². The van der Waals surface area contributed by atoms with E-state index in [0.29, 0.717) is 0 Å². The Kier molecular flexibility index (Phi) is 9.34. The summed E-state index contributed by atoms with van der Waals surface area (Å²) in [6, 6.07) is 0. The summed E-state index contributed by atoms with van der Waals surface area (Å²) in [4.78, 5) is 0. The van der Waals surface area contributed by atoms with Gasteiger partial charge in [0, 0.05) is 6.08 Å². The molecule has 0 spiro atoms. The molecule has 3 nitrogen and oxygen atoms in total. The number of aliphatic hydroxyl groups is 3. The van der Waals surface area contributed by atoms with Crippen LogP contribution in [0.3, 0.4) is 0 Å². The zero-order valence-corrected chi connectivity index (χ0v) is 10.3. The van der Waals surface area contributed by atoms with Crippen molar-refractivity contribution in [3.8, 4) is 0 Å². The Morgan fingerprint density at radius 3 is 2.00 bits per heavy atom. The largest absolute Gasteiger partial charge is 0.340 e. The van der Waals surface area contributed by atoms with Gasteiger partial charge in [0.25, 0.3) is 5.97 Å². The molecule has 0 amide bonds. The standard InChI is InChI=1S/C14H22O3/c1-2-3-4-5-6-7-8-9-10-11-12-13-14(15,16)17/h6-13,15-17H,2-5H2,1H3. The van der Waals surface area contributed by atoms with Gasteiger partial charge < -0.3 is 15.3 Å². The molecule has 0 bridgehead atoms. The van der Waals surface area contributed by atoms with Gasteiger partial charge in [-0.1, -0.05) is 62.3 Å². The normalized spacial score (nSPS) is 13.9. The molecular formula is C14H22O3. The smallest absolute Gasteiger partial charge is 0.297 e. The summed E-state index contributed by atoms with van der Waals surface area (Å²) >= 11 is 0. The Bertz CT molecular complexity index is 280. The minimum Gasteiger partial charge on any atom is -0.340 e. The van der Waals surface area contributed by atoms with Crippen molar-refractivity contribution >= 4 is 0 Å². The second-order valence-corrected chi connectivity index (χ2v) is 3.74. The molecule has 0 unspecified atom stereocenters. The first kappa shape index (κ1) is 15.8. The van der Waals surface area contributed by atoms with Crippen LogP contribution in [-0.2, 0) is 0 Å². The van der Waals surface area contributed by atoms with Gasteiger partial charge in [-0.3, -0.25) is 0 Å². The first-order valence-corrected chi connectivity index (χ1v) is 5.91. The highest BCUT2D eigenvalue weighted by Gasteiger charge is 2.10. The number of allylic oxidation sites excluding steroid dienone is 7. The van der Waals surface area contributed by atoms with Crippen LogP contribution in [0.4, 0.5) is 0 Å². The fraction of sp³-hybridized carbons (Fsp3) is 0.429. The lowest BCUT2D eigenvalue weighted by Gasteiger charge is -2.05. The Balaban J connectivity index is 3.66. The zero-order chi connectivity index (χ0) is 13.0. The third-order valence-electron chi connectivity index (χ3n) is 1.99. The van der Waals surface area contributed by atoms with Gasteiger partial charge >= 0.3 is 0 Å². The van der Waals surface area contributed by atoms with Gasteiger partial charge in [0.05, 0.1) is 0 Å². The SMILES string of the molecule is CCCCCC=CC=CC=CC=CC(O)(O)O. The molecule has 0 aliphatic heterocycles. The summed E-state index contributed by atoms with van der Waals surface area (Å²) in [6.45, 7) is 2.18. The molecule has 0 aromatic heterocycles. The minimum absolute atomic E-state index is 0.873. The van der Waals surface area contributed by atoms with Crippen LogP contribution in [0, 0.1) is 0 Å². The number of hydrogen-bond donors (Lipinski definition) is 3. The lowest BCUT2D eigenvalue weighted by atomic mass is 10.2. The highest BCUT2D eigenvalue weighted by Crippen LogP contribution is 1.99. The number of rotatable bonds is 8. The molecule has 3 N–H and O–H groups in total. The molecule has 0 saturated heterocycles. The maximum atomic E-state index is 8.52. The fourth-order valence-corrected chi connectivity index (χ4v) is 1.13. The van der Waals surface area contributed by atoms with E-state index in [1.165, 1.54) is 25.3 Å². The summed E-state index contributed by atoms with van der Waals surface area (Å²) < 4.78 is 0. The molecule has 0 aliphatic rings. The summed E-state index contributed by atoms with van der Waals surface area (Å²) in [5.41, 5.74) is 0. The molecular weight excluding hydrogens is 216 g/mol. The van der Waals surface area contributed by atoms with Gasteiger partial charge in [0.1, 0.15) is 0 Å². The van der Waals surface area contributed by atoms with Crippen LogP contribution in [0.2, 0.25) is 0 Å². The second-order valence-electron chi connectivity index (χ2n) is 3.74. The van der Waals surface area contributed by atoms with Crippen molar-refractivity contribution in [3.63, 3.8) is 0 Å². The van der Waals surface area contributed by atoms with Crippen molar-refractivity contribution < 1.29 is 15.3 Å². The predicted octanol–water partition coefficient (Wildman–Crippen LogP) is 2.42. The quantitative estimate of drug-likeness (QED) is 0.346. The van der Waals surface area contributed by atoms with E-state index < -0.39 is 5.97 Å². The van der Waals surface area contributed by atoms with E-state index in [-0.39, 0.29) is 0 Å². The van der Waals surface area contributed by atoms with Crippen molar-refractivity contribution in [2.45, 2.75) is 38.6 Å². The van der Waals surface area contributed by atoms with Gasteiger partial charge in [-0.05, 0) is 12.8 Å². The monoisotopic (exact) mass is 238 g/mol. The first-order valence-electron chi connectivity index (χ1n) is 5.91. The lowest BCUT2D eigenvalue weighted by molar-refractivity contribution is -0.273. The Morgan fingerprint density at radius 1 is 0.824 bits per heavy atom. The molecule has 96 valence electrons. The molecule has 0 saturated carbocycles. The van der Waals surface area contributed by atoms with Gasteiger partial charge in [-0.25, -0.2) is 0 Å². The van der Waals surface area contributed by atoms with E-state index in [0.717, 1.165) is 12.5 Å². The van der Waals surface area contributed by atoms with Gasteiger partial charge in [-0.15, -0.1) is 0 Å². The van der Waals surface area contributed by atoms with Gasteiger partial charge in [0.15, 0.2) is 0 Å². The van der Waals surface area contributed by atoms with Crippen molar-refractivity contribution in [1.82, 2.24) is 0 Å². The number of unbranched alkanes of at least 4 members (excludes halogenated alkanes) is 3. The topological polar surface area (TPSA) is 60.7 Å². The van der Waals surface area contributed by atoms with E-state index in [9.17, 15) is 0 Å². The van der Waals surface area contributed by atoms with Crippen LogP contribution in [0.15, 0.2) is 48.6 Å². The van der Waals surface area contributed by atoms with Crippen LogP contribution in [-0.4, -0.2) is 21.3 Å². The summed E-state index contributed by atoms with van der Waals surface area (Å²) in [6.07, 6.45) is 18.2. The highest BCUT2D eigenvalue weighted by atomic mass is 16.7. The lowest BCUT2D eigenvalue weighted by Crippen LogP contribution is -2.22. The fourth-order valence-electron chi connectivity index (χ4n) is 1.13. The molecule has 0 aromatic carbocycles. The second kappa shape index (κ2) is 10.0. The summed E-state index contributed by atoms with van der Waals surface area (Å²) in [5.74, 6) is -2.73. The molecule has 0 radical (unpaired) electrons. The third kappa shape index (κ3) is 14.8. The summed E-state index contributed by atoms with van der Waals surface area (Å²) in [7, 11) is 0.